The zero-order chi connectivity index (χ0) is 16.9. The number of rotatable bonds is 8. The Morgan fingerprint density at radius 1 is 0.591 bits per heavy atom. The molecule has 1 aromatic carbocycles. The van der Waals surface area contributed by atoms with E-state index in [1.807, 2.05) is 27.7 Å². The number of benzene rings is 1. The van der Waals surface area contributed by atoms with Crippen LogP contribution < -0.4 is 0 Å². The molecule has 0 aliphatic heterocycles. The van der Waals surface area contributed by atoms with Crippen molar-refractivity contribution < 1.29 is 17.6 Å². The maximum absolute atomic E-state index is 14.0. The van der Waals surface area contributed by atoms with E-state index in [0.717, 1.165) is 12.8 Å². The van der Waals surface area contributed by atoms with Crippen molar-refractivity contribution in [1.82, 2.24) is 0 Å². The molecule has 0 N–H and O–H groups in total. The van der Waals surface area contributed by atoms with Gasteiger partial charge in [-0.05, 0) is 37.5 Å². The van der Waals surface area contributed by atoms with Gasteiger partial charge in [0.1, 0.15) is 0 Å². The summed E-state index contributed by atoms with van der Waals surface area (Å²) in [6.07, 6.45) is 2.59. The van der Waals surface area contributed by atoms with Gasteiger partial charge in [0.25, 0.3) is 0 Å². The van der Waals surface area contributed by atoms with Gasteiger partial charge in [-0.25, -0.2) is 17.6 Å². The van der Waals surface area contributed by atoms with Crippen molar-refractivity contribution >= 4 is 0 Å². The van der Waals surface area contributed by atoms with Crippen molar-refractivity contribution in [2.24, 2.45) is 11.8 Å². The Morgan fingerprint density at radius 3 is 1.09 bits per heavy atom. The topological polar surface area (TPSA) is 0 Å². The van der Waals surface area contributed by atoms with E-state index in [1.165, 1.54) is 0 Å². The lowest BCUT2D eigenvalue weighted by atomic mass is 9.97. The van der Waals surface area contributed by atoms with Gasteiger partial charge in [-0.3, -0.25) is 0 Å². The van der Waals surface area contributed by atoms with Crippen LogP contribution in [0, 0.1) is 35.1 Å². The fraction of sp³-hybridized carbons (Fsp3) is 0.667. The standard InChI is InChI=1S/C18H26F4/c1-11(2)7-5-9-13-15(19)17(21)14(18(22)16(13)20)10-6-8-12(3)4/h11-12H,5-10H2,1-4H3. The Kier molecular flexibility index (Phi) is 7.37. The third-order valence-electron chi connectivity index (χ3n) is 3.86. The average molecular weight is 318 g/mol. The zero-order valence-electron chi connectivity index (χ0n) is 13.9. The van der Waals surface area contributed by atoms with E-state index < -0.39 is 34.4 Å². The SMILES string of the molecule is CC(C)CCCc1c(F)c(F)c(CCCC(C)C)c(F)c1F. The molecular weight excluding hydrogens is 292 g/mol. The average Bonchev–Trinajstić information content (AvgIpc) is 2.43. The molecule has 0 atom stereocenters. The fourth-order valence-corrected chi connectivity index (χ4v) is 2.54. The maximum Gasteiger partial charge on any atom is 0.165 e. The van der Waals surface area contributed by atoms with Crippen LogP contribution >= 0.6 is 0 Å². The van der Waals surface area contributed by atoms with Gasteiger partial charge < -0.3 is 0 Å². The first-order valence-corrected chi connectivity index (χ1v) is 8.09. The molecule has 1 aromatic rings. The van der Waals surface area contributed by atoms with E-state index in [1.54, 1.807) is 0 Å². The van der Waals surface area contributed by atoms with Crippen LogP contribution in [0.3, 0.4) is 0 Å². The van der Waals surface area contributed by atoms with Crippen LogP contribution in [0.15, 0.2) is 0 Å². The molecule has 0 saturated heterocycles. The van der Waals surface area contributed by atoms with Crippen molar-refractivity contribution in [3.63, 3.8) is 0 Å². The number of halogens is 4. The second-order valence-electron chi connectivity index (χ2n) is 6.79. The van der Waals surface area contributed by atoms with Gasteiger partial charge >= 0.3 is 0 Å². The highest BCUT2D eigenvalue weighted by atomic mass is 19.2. The highest BCUT2D eigenvalue weighted by Crippen LogP contribution is 2.27. The van der Waals surface area contributed by atoms with Crippen LogP contribution in [0.25, 0.3) is 0 Å². The molecule has 0 saturated carbocycles. The Labute approximate surface area is 130 Å². The van der Waals surface area contributed by atoms with E-state index in [4.69, 9.17) is 0 Å². The van der Waals surface area contributed by atoms with Crippen LogP contribution in [0.2, 0.25) is 0 Å². The monoisotopic (exact) mass is 318 g/mol. The van der Waals surface area contributed by atoms with E-state index in [9.17, 15) is 17.6 Å². The van der Waals surface area contributed by atoms with Gasteiger partial charge in [0, 0.05) is 11.1 Å². The molecule has 0 aromatic heterocycles. The molecule has 0 spiro atoms. The molecule has 0 amide bonds. The normalized spacial score (nSPS) is 11.7. The van der Waals surface area contributed by atoms with E-state index in [0.29, 0.717) is 24.7 Å². The molecule has 4 heteroatoms. The van der Waals surface area contributed by atoms with Crippen molar-refractivity contribution in [3.8, 4) is 0 Å². The molecule has 0 fully saturated rings. The summed E-state index contributed by atoms with van der Waals surface area (Å²) in [5, 5.41) is 0. The minimum absolute atomic E-state index is 0.0238. The second kappa shape index (κ2) is 8.54. The summed E-state index contributed by atoms with van der Waals surface area (Å²) >= 11 is 0. The van der Waals surface area contributed by atoms with Crippen molar-refractivity contribution in [2.75, 3.05) is 0 Å². The quantitative estimate of drug-likeness (QED) is 0.395. The minimum atomic E-state index is -1.22. The van der Waals surface area contributed by atoms with Crippen molar-refractivity contribution in [3.05, 3.63) is 34.4 Å². The summed E-state index contributed by atoms with van der Waals surface area (Å²) < 4.78 is 56.1. The molecule has 0 bridgehead atoms. The van der Waals surface area contributed by atoms with Gasteiger partial charge in [0.15, 0.2) is 23.3 Å². The van der Waals surface area contributed by atoms with Crippen molar-refractivity contribution in [2.45, 2.75) is 66.2 Å². The third-order valence-corrected chi connectivity index (χ3v) is 3.86. The summed E-state index contributed by atoms with van der Waals surface area (Å²) in [5.41, 5.74) is -0.911. The smallest absolute Gasteiger partial charge is 0.165 e. The molecule has 0 heterocycles. The predicted molar refractivity (Wildman–Crippen MR) is 81.8 cm³/mol. The molecule has 0 nitrogen and oxygen atoms in total. The summed E-state index contributed by atoms with van der Waals surface area (Å²) in [7, 11) is 0. The predicted octanol–water partition coefficient (Wildman–Crippen LogP) is 6.20. The van der Waals surface area contributed by atoms with Crippen LogP contribution in [0.5, 0.6) is 0 Å². The highest BCUT2D eigenvalue weighted by molar-refractivity contribution is 5.30. The lowest BCUT2D eigenvalue weighted by Gasteiger charge is -2.13. The molecule has 22 heavy (non-hydrogen) atoms. The summed E-state index contributed by atoms with van der Waals surface area (Å²) in [6, 6.07) is 0. The van der Waals surface area contributed by atoms with Gasteiger partial charge in [0.05, 0.1) is 0 Å². The Bertz CT molecular complexity index is 418. The van der Waals surface area contributed by atoms with Crippen LogP contribution in [-0.4, -0.2) is 0 Å². The maximum atomic E-state index is 14.0. The minimum Gasteiger partial charge on any atom is -0.203 e. The molecular formula is C18H26F4. The lowest BCUT2D eigenvalue weighted by Crippen LogP contribution is -2.09. The zero-order valence-corrected chi connectivity index (χ0v) is 13.9. The highest BCUT2D eigenvalue weighted by Gasteiger charge is 2.24. The first kappa shape index (κ1) is 19.0. The van der Waals surface area contributed by atoms with Gasteiger partial charge in [-0.2, -0.15) is 0 Å². The Balaban J connectivity index is 2.94. The van der Waals surface area contributed by atoms with Gasteiger partial charge in [0.2, 0.25) is 0 Å². The molecule has 0 aliphatic rings. The third kappa shape index (κ3) is 4.99. The molecule has 126 valence electrons. The van der Waals surface area contributed by atoms with Crippen LogP contribution in [0.4, 0.5) is 17.6 Å². The van der Waals surface area contributed by atoms with Crippen LogP contribution in [-0.2, 0) is 12.8 Å². The molecule has 1 rings (SSSR count). The Hall–Kier alpha value is -1.06. The number of hydrogen-bond acceptors (Lipinski definition) is 0. The van der Waals surface area contributed by atoms with Crippen LogP contribution in [0.1, 0.15) is 64.5 Å². The first-order chi connectivity index (χ1) is 10.3. The lowest BCUT2D eigenvalue weighted by molar-refractivity contribution is 0.416. The number of hydrogen-bond donors (Lipinski definition) is 0. The summed E-state index contributed by atoms with van der Waals surface area (Å²) in [5.74, 6) is -4.11. The first-order valence-electron chi connectivity index (χ1n) is 8.09. The van der Waals surface area contributed by atoms with E-state index in [2.05, 4.69) is 0 Å². The molecule has 0 aliphatic carbocycles. The van der Waals surface area contributed by atoms with Gasteiger partial charge in [-0.1, -0.05) is 40.5 Å². The van der Waals surface area contributed by atoms with Crippen molar-refractivity contribution in [1.29, 1.82) is 0 Å². The van der Waals surface area contributed by atoms with Gasteiger partial charge in [-0.15, -0.1) is 0 Å². The van der Waals surface area contributed by atoms with E-state index >= 15 is 0 Å². The largest absolute Gasteiger partial charge is 0.203 e. The second-order valence-corrected chi connectivity index (χ2v) is 6.79. The Morgan fingerprint density at radius 2 is 0.864 bits per heavy atom. The fourth-order valence-electron chi connectivity index (χ4n) is 2.54. The van der Waals surface area contributed by atoms with E-state index in [-0.39, 0.29) is 12.8 Å². The molecule has 0 radical (unpaired) electrons. The molecule has 0 unspecified atom stereocenters. The summed E-state index contributed by atoms with van der Waals surface area (Å²) in [6.45, 7) is 7.97. The summed E-state index contributed by atoms with van der Waals surface area (Å²) in [4.78, 5) is 0.